The number of hydrogen-bond acceptors (Lipinski definition) is 3. The van der Waals surface area contributed by atoms with Crippen LogP contribution in [-0.2, 0) is 15.9 Å². The molecule has 3 nitrogen and oxygen atoms in total. The molecule has 0 amide bonds. The van der Waals surface area contributed by atoms with E-state index >= 15 is 0 Å². The molecule has 25 heavy (non-hydrogen) atoms. The van der Waals surface area contributed by atoms with Gasteiger partial charge < -0.3 is 14.6 Å². The van der Waals surface area contributed by atoms with Crippen LogP contribution in [0, 0.1) is 11.3 Å². The van der Waals surface area contributed by atoms with E-state index in [1.54, 1.807) is 7.11 Å². The monoisotopic (exact) mass is 342 g/mol. The van der Waals surface area contributed by atoms with Crippen molar-refractivity contribution in [3.8, 4) is 0 Å². The van der Waals surface area contributed by atoms with Crippen LogP contribution in [0.3, 0.4) is 0 Å². The first kappa shape index (κ1) is 18.4. The largest absolute Gasteiger partial charge is 0.396 e. The fourth-order valence-corrected chi connectivity index (χ4v) is 4.28. The van der Waals surface area contributed by atoms with Crippen LogP contribution in [0.5, 0.6) is 0 Å². The number of hydrogen-bond donors (Lipinski definition) is 1. The lowest BCUT2D eigenvalue weighted by atomic mass is 9.68. The summed E-state index contributed by atoms with van der Waals surface area (Å²) in [6.45, 7) is 5.23. The van der Waals surface area contributed by atoms with Crippen LogP contribution in [0.2, 0.25) is 0 Å². The molecule has 3 atom stereocenters. The van der Waals surface area contributed by atoms with E-state index in [1.807, 2.05) is 0 Å². The Bertz CT molecular complexity index is 694. The highest BCUT2D eigenvalue weighted by molar-refractivity contribution is 5.82. The molecule has 2 aromatic rings. The summed E-state index contributed by atoms with van der Waals surface area (Å²) in [6, 6.07) is 15.0. The van der Waals surface area contributed by atoms with Gasteiger partial charge in [0.05, 0.1) is 25.4 Å². The molecule has 1 aliphatic carbocycles. The Hall–Kier alpha value is -1.42. The van der Waals surface area contributed by atoms with Crippen molar-refractivity contribution in [2.75, 3.05) is 20.3 Å². The van der Waals surface area contributed by atoms with E-state index in [1.165, 1.54) is 16.3 Å². The minimum atomic E-state index is 0.0388. The Morgan fingerprint density at radius 3 is 2.60 bits per heavy atom. The van der Waals surface area contributed by atoms with Gasteiger partial charge in [0.25, 0.3) is 0 Å². The molecule has 0 spiro atoms. The Morgan fingerprint density at radius 2 is 1.88 bits per heavy atom. The fourth-order valence-electron chi connectivity index (χ4n) is 4.28. The molecule has 0 radical (unpaired) electrons. The Labute approximate surface area is 151 Å². The highest BCUT2D eigenvalue weighted by Gasteiger charge is 2.44. The van der Waals surface area contributed by atoms with Crippen LogP contribution in [0.25, 0.3) is 10.8 Å². The number of aliphatic hydroxyl groups excluding tert-OH is 1. The van der Waals surface area contributed by atoms with E-state index in [0.717, 1.165) is 19.3 Å². The molecule has 1 aliphatic rings. The number of methoxy groups -OCH3 is 1. The van der Waals surface area contributed by atoms with Gasteiger partial charge in [0.15, 0.2) is 0 Å². The molecule has 0 heterocycles. The Morgan fingerprint density at radius 1 is 1.12 bits per heavy atom. The normalized spacial score (nSPS) is 26.0. The lowest BCUT2D eigenvalue weighted by molar-refractivity contribution is -0.142. The summed E-state index contributed by atoms with van der Waals surface area (Å²) in [5, 5.41) is 12.4. The summed E-state index contributed by atoms with van der Waals surface area (Å²) in [6.07, 6.45) is 3.04. The van der Waals surface area contributed by atoms with E-state index in [9.17, 15) is 5.11 Å². The van der Waals surface area contributed by atoms with Gasteiger partial charge in [0, 0.05) is 13.0 Å². The second-order valence-electron chi connectivity index (χ2n) is 7.87. The first-order valence-electron chi connectivity index (χ1n) is 9.28. The van der Waals surface area contributed by atoms with E-state index in [0.29, 0.717) is 6.61 Å². The van der Waals surface area contributed by atoms with Gasteiger partial charge in [-0.05, 0) is 41.0 Å². The first-order chi connectivity index (χ1) is 12.0. The first-order valence-corrected chi connectivity index (χ1v) is 9.28. The zero-order chi connectivity index (χ0) is 17.9. The van der Waals surface area contributed by atoms with Crippen LogP contribution in [0.15, 0.2) is 42.5 Å². The van der Waals surface area contributed by atoms with Crippen molar-refractivity contribution in [1.82, 2.24) is 0 Å². The van der Waals surface area contributed by atoms with Gasteiger partial charge in [0.1, 0.15) is 0 Å². The van der Waals surface area contributed by atoms with E-state index in [4.69, 9.17) is 9.47 Å². The summed E-state index contributed by atoms with van der Waals surface area (Å²) in [5.74, 6) is 0.0466. The van der Waals surface area contributed by atoms with Crippen molar-refractivity contribution >= 4 is 10.8 Å². The molecule has 2 aromatic carbocycles. The Kier molecular flexibility index (Phi) is 5.78. The average molecular weight is 342 g/mol. The van der Waals surface area contributed by atoms with Gasteiger partial charge >= 0.3 is 0 Å². The molecule has 136 valence electrons. The number of ether oxygens (including phenoxy) is 2. The maximum absolute atomic E-state index is 9.87. The SMILES string of the molecule is COC1C(CO)C(OCCc2ccc3ccccc3c2)CCC1(C)C. The van der Waals surface area contributed by atoms with Crippen LogP contribution >= 0.6 is 0 Å². The molecule has 1 saturated carbocycles. The molecule has 1 fully saturated rings. The summed E-state index contributed by atoms with van der Waals surface area (Å²) < 4.78 is 11.9. The minimum Gasteiger partial charge on any atom is -0.396 e. The molecular formula is C22H30O3. The number of benzene rings is 2. The molecular weight excluding hydrogens is 312 g/mol. The van der Waals surface area contributed by atoms with Crippen molar-refractivity contribution in [3.63, 3.8) is 0 Å². The molecule has 1 N–H and O–H groups in total. The third-order valence-corrected chi connectivity index (χ3v) is 5.71. The topological polar surface area (TPSA) is 38.7 Å². The zero-order valence-electron chi connectivity index (χ0n) is 15.6. The average Bonchev–Trinajstić information content (AvgIpc) is 2.62. The quantitative estimate of drug-likeness (QED) is 0.854. The van der Waals surface area contributed by atoms with Crippen molar-refractivity contribution in [2.45, 2.75) is 45.3 Å². The maximum Gasteiger partial charge on any atom is 0.0697 e. The van der Waals surface area contributed by atoms with Crippen molar-refractivity contribution in [1.29, 1.82) is 0 Å². The third kappa shape index (κ3) is 4.05. The highest BCUT2D eigenvalue weighted by Crippen LogP contribution is 2.41. The van der Waals surface area contributed by atoms with Crippen molar-refractivity contribution in [3.05, 3.63) is 48.0 Å². The van der Waals surface area contributed by atoms with E-state index < -0.39 is 0 Å². The second kappa shape index (κ2) is 7.86. The van der Waals surface area contributed by atoms with Gasteiger partial charge in [-0.3, -0.25) is 0 Å². The molecule has 0 bridgehead atoms. The van der Waals surface area contributed by atoms with Gasteiger partial charge in [-0.2, -0.15) is 0 Å². The molecule has 3 rings (SSSR count). The lowest BCUT2D eigenvalue weighted by Gasteiger charge is -2.46. The zero-order valence-corrected chi connectivity index (χ0v) is 15.6. The van der Waals surface area contributed by atoms with Crippen LogP contribution in [0.4, 0.5) is 0 Å². The van der Waals surface area contributed by atoms with Gasteiger partial charge in [0.2, 0.25) is 0 Å². The summed E-state index contributed by atoms with van der Waals surface area (Å²) in [7, 11) is 1.74. The van der Waals surface area contributed by atoms with Gasteiger partial charge in [-0.15, -0.1) is 0 Å². The molecule has 0 aromatic heterocycles. The van der Waals surface area contributed by atoms with Crippen LogP contribution < -0.4 is 0 Å². The van der Waals surface area contributed by atoms with Crippen molar-refractivity contribution in [2.24, 2.45) is 11.3 Å². The Balaban J connectivity index is 1.60. The third-order valence-electron chi connectivity index (χ3n) is 5.71. The fraction of sp³-hybridized carbons (Fsp3) is 0.545. The smallest absolute Gasteiger partial charge is 0.0697 e. The minimum absolute atomic E-state index is 0.0388. The molecule has 3 heteroatoms. The molecule has 0 saturated heterocycles. The predicted octanol–water partition coefficient (Wildman–Crippen LogP) is 4.21. The second-order valence-corrected chi connectivity index (χ2v) is 7.87. The van der Waals surface area contributed by atoms with Crippen LogP contribution in [0.1, 0.15) is 32.3 Å². The number of aliphatic hydroxyl groups is 1. The van der Waals surface area contributed by atoms with E-state index in [-0.39, 0.29) is 30.1 Å². The summed E-state index contributed by atoms with van der Waals surface area (Å²) in [5.41, 5.74) is 1.37. The molecule has 3 unspecified atom stereocenters. The number of fused-ring (bicyclic) bond motifs is 1. The van der Waals surface area contributed by atoms with Crippen molar-refractivity contribution < 1.29 is 14.6 Å². The van der Waals surface area contributed by atoms with Crippen LogP contribution in [-0.4, -0.2) is 37.6 Å². The summed E-state index contributed by atoms with van der Waals surface area (Å²) in [4.78, 5) is 0. The lowest BCUT2D eigenvalue weighted by Crippen LogP contribution is -2.50. The standard InChI is InChI=1S/C22H30O3/c1-22(2)12-10-20(19(15-23)21(22)24-3)25-13-11-16-8-9-17-6-4-5-7-18(17)14-16/h4-9,14,19-21,23H,10-13,15H2,1-3H3. The van der Waals surface area contributed by atoms with E-state index in [2.05, 4.69) is 56.3 Å². The summed E-state index contributed by atoms with van der Waals surface area (Å²) >= 11 is 0. The highest BCUT2D eigenvalue weighted by atomic mass is 16.5. The van der Waals surface area contributed by atoms with Gasteiger partial charge in [-0.25, -0.2) is 0 Å². The number of rotatable bonds is 6. The maximum atomic E-state index is 9.87. The van der Waals surface area contributed by atoms with Gasteiger partial charge in [-0.1, -0.05) is 56.3 Å². The predicted molar refractivity (Wildman–Crippen MR) is 102 cm³/mol. The molecule has 0 aliphatic heterocycles.